The highest BCUT2D eigenvalue weighted by Crippen LogP contribution is 2.11. The Morgan fingerprint density at radius 3 is 2.65 bits per heavy atom. The van der Waals surface area contributed by atoms with Crippen molar-refractivity contribution in [1.82, 2.24) is 15.6 Å². The van der Waals surface area contributed by atoms with Crippen LogP contribution in [0, 0.1) is 6.92 Å². The number of carbonyl (C=O) groups excluding carboxylic acids is 1. The van der Waals surface area contributed by atoms with Gasteiger partial charge in [0.1, 0.15) is 6.54 Å². The smallest absolute Gasteiger partial charge is 0.333 e. The second-order valence-corrected chi connectivity index (χ2v) is 3.42. The monoisotopic (exact) mass is 247 g/mol. The van der Waals surface area contributed by atoms with Gasteiger partial charge in [0.25, 0.3) is 0 Å². The highest BCUT2D eigenvalue weighted by atomic mass is 19.4. The highest BCUT2D eigenvalue weighted by Gasteiger charge is 2.27. The third-order valence-corrected chi connectivity index (χ3v) is 1.83. The SMILES string of the molecule is Cc1cccc(CNC(=O)NCC(F)(F)F)n1. The van der Waals surface area contributed by atoms with E-state index in [2.05, 4.69) is 10.3 Å². The molecule has 0 unspecified atom stereocenters. The Kier molecular flexibility index (Phi) is 4.30. The lowest BCUT2D eigenvalue weighted by atomic mass is 10.3. The van der Waals surface area contributed by atoms with Crippen molar-refractivity contribution in [1.29, 1.82) is 0 Å². The molecule has 2 N–H and O–H groups in total. The topological polar surface area (TPSA) is 54.0 Å². The van der Waals surface area contributed by atoms with Gasteiger partial charge in [-0.1, -0.05) is 6.07 Å². The molecule has 0 aliphatic rings. The van der Waals surface area contributed by atoms with Crippen LogP contribution in [0.1, 0.15) is 11.4 Å². The number of hydrogen-bond donors (Lipinski definition) is 2. The summed E-state index contributed by atoms with van der Waals surface area (Å²) in [5.41, 5.74) is 1.37. The van der Waals surface area contributed by atoms with Crippen molar-refractivity contribution in [3.8, 4) is 0 Å². The van der Waals surface area contributed by atoms with E-state index in [9.17, 15) is 18.0 Å². The molecule has 0 aliphatic heterocycles. The van der Waals surface area contributed by atoms with Crippen LogP contribution in [0.15, 0.2) is 18.2 Å². The summed E-state index contributed by atoms with van der Waals surface area (Å²) in [5, 5.41) is 3.99. The van der Waals surface area contributed by atoms with Crippen LogP contribution in [-0.2, 0) is 6.54 Å². The zero-order valence-electron chi connectivity index (χ0n) is 9.14. The second kappa shape index (κ2) is 5.51. The van der Waals surface area contributed by atoms with Crippen molar-refractivity contribution >= 4 is 6.03 Å². The molecule has 0 saturated heterocycles. The number of alkyl halides is 3. The summed E-state index contributed by atoms with van der Waals surface area (Å²) in [6, 6.07) is 4.35. The molecular weight excluding hydrogens is 235 g/mol. The summed E-state index contributed by atoms with van der Waals surface area (Å²) in [4.78, 5) is 15.1. The second-order valence-electron chi connectivity index (χ2n) is 3.42. The van der Waals surface area contributed by atoms with Gasteiger partial charge >= 0.3 is 12.2 Å². The van der Waals surface area contributed by atoms with E-state index in [-0.39, 0.29) is 6.54 Å². The minimum Gasteiger partial charge on any atom is -0.333 e. The van der Waals surface area contributed by atoms with Gasteiger partial charge in [0.2, 0.25) is 0 Å². The first-order valence-corrected chi connectivity index (χ1v) is 4.88. The Hall–Kier alpha value is -1.79. The standard InChI is InChI=1S/C10H12F3N3O/c1-7-3-2-4-8(16-7)5-14-9(17)15-6-10(11,12)13/h2-4H,5-6H2,1H3,(H2,14,15,17). The molecule has 1 rings (SSSR count). The molecule has 17 heavy (non-hydrogen) atoms. The first-order valence-electron chi connectivity index (χ1n) is 4.88. The molecule has 0 aromatic carbocycles. The number of nitrogens with one attached hydrogen (secondary N) is 2. The van der Waals surface area contributed by atoms with Gasteiger partial charge in [-0.15, -0.1) is 0 Å². The van der Waals surface area contributed by atoms with Crippen molar-refractivity contribution in [2.24, 2.45) is 0 Å². The molecule has 1 aromatic rings. The number of pyridine rings is 1. The summed E-state index contributed by atoms with van der Waals surface area (Å²) < 4.78 is 35.3. The number of amides is 2. The lowest BCUT2D eigenvalue weighted by Crippen LogP contribution is -2.40. The number of hydrogen-bond acceptors (Lipinski definition) is 2. The predicted octanol–water partition coefficient (Wildman–Crippen LogP) is 1.75. The Morgan fingerprint density at radius 1 is 1.35 bits per heavy atom. The largest absolute Gasteiger partial charge is 0.405 e. The average Bonchev–Trinajstić information content (AvgIpc) is 2.23. The fourth-order valence-corrected chi connectivity index (χ4v) is 1.11. The van der Waals surface area contributed by atoms with Crippen molar-refractivity contribution in [2.45, 2.75) is 19.6 Å². The molecule has 0 atom stereocenters. The molecular formula is C10H12F3N3O. The van der Waals surface area contributed by atoms with Crippen molar-refractivity contribution in [3.05, 3.63) is 29.6 Å². The van der Waals surface area contributed by atoms with Crippen LogP contribution in [0.5, 0.6) is 0 Å². The number of rotatable bonds is 3. The van der Waals surface area contributed by atoms with Gasteiger partial charge in [-0.2, -0.15) is 13.2 Å². The lowest BCUT2D eigenvalue weighted by molar-refractivity contribution is -0.122. The quantitative estimate of drug-likeness (QED) is 0.855. The van der Waals surface area contributed by atoms with E-state index in [0.717, 1.165) is 5.69 Å². The van der Waals surface area contributed by atoms with E-state index in [1.54, 1.807) is 30.4 Å². The molecule has 94 valence electrons. The minimum atomic E-state index is -4.40. The maximum absolute atomic E-state index is 11.8. The zero-order valence-corrected chi connectivity index (χ0v) is 9.14. The summed E-state index contributed by atoms with van der Waals surface area (Å²) in [6.07, 6.45) is -4.40. The van der Waals surface area contributed by atoms with Gasteiger partial charge in [0, 0.05) is 5.69 Å². The number of halogens is 3. The normalized spacial score (nSPS) is 11.1. The number of aryl methyl sites for hydroxylation is 1. The van der Waals surface area contributed by atoms with E-state index in [0.29, 0.717) is 5.69 Å². The van der Waals surface area contributed by atoms with E-state index in [1.807, 2.05) is 0 Å². The predicted molar refractivity (Wildman–Crippen MR) is 55.3 cm³/mol. The van der Waals surface area contributed by atoms with Crippen LogP contribution in [-0.4, -0.2) is 23.7 Å². The Balaban J connectivity index is 2.33. The molecule has 1 heterocycles. The number of nitrogens with zero attached hydrogens (tertiary/aromatic N) is 1. The molecule has 0 spiro atoms. The van der Waals surface area contributed by atoms with Crippen LogP contribution in [0.4, 0.5) is 18.0 Å². The molecule has 7 heteroatoms. The number of urea groups is 1. The Bertz CT molecular complexity index is 393. The van der Waals surface area contributed by atoms with Crippen LogP contribution in [0.2, 0.25) is 0 Å². The summed E-state index contributed by atoms with van der Waals surface area (Å²) in [6.45, 7) is 0.526. The van der Waals surface area contributed by atoms with Crippen molar-refractivity contribution in [2.75, 3.05) is 6.54 Å². The molecule has 0 fully saturated rings. The van der Waals surface area contributed by atoms with Gasteiger partial charge in [0.15, 0.2) is 0 Å². The van der Waals surface area contributed by atoms with Crippen LogP contribution >= 0.6 is 0 Å². The minimum absolute atomic E-state index is 0.0887. The van der Waals surface area contributed by atoms with E-state index < -0.39 is 18.8 Å². The zero-order chi connectivity index (χ0) is 12.9. The number of carbonyl (C=O) groups is 1. The number of aromatic nitrogens is 1. The Morgan fingerprint density at radius 2 is 2.06 bits per heavy atom. The molecule has 0 bridgehead atoms. The summed E-state index contributed by atoms with van der Waals surface area (Å²) in [7, 11) is 0. The Labute approximate surface area is 96.2 Å². The maximum Gasteiger partial charge on any atom is 0.405 e. The third kappa shape index (κ3) is 5.74. The highest BCUT2D eigenvalue weighted by molar-refractivity contribution is 5.73. The lowest BCUT2D eigenvalue weighted by Gasteiger charge is -2.09. The van der Waals surface area contributed by atoms with Crippen molar-refractivity contribution < 1.29 is 18.0 Å². The molecule has 0 radical (unpaired) electrons. The average molecular weight is 247 g/mol. The molecule has 4 nitrogen and oxygen atoms in total. The van der Waals surface area contributed by atoms with Gasteiger partial charge in [0.05, 0.1) is 12.2 Å². The van der Waals surface area contributed by atoms with Gasteiger partial charge in [-0.25, -0.2) is 4.79 Å². The summed E-state index contributed by atoms with van der Waals surface area (Å²) in [5.74, 6) is 0. The van der Waals surface area contributed by atoms with E-state index in [4.69, 9.17) is 0 Å². The third-order valence-electron chi connectivity index (χ3n) is 1.83. The van der Waals surface area contributed by atoms with Gasteiger partial charge in [-0.3, -0.25) is 4.98 Å². The van der Waals surface area contributed by atoms with Gasteiger partial charge in [-0.05, 0) is 19.1 Å². The fraction of sp³-hybridized carbons (Fsp3) is 0.400. The van der Waals surface area contributed by atoms with E-state index >= 15 is 0 Å². The maximum atomic E-state index is 11.8. The van der Waals surface area contributed by atoms with Crippen LogP contribution in [0.3, 0.4) is 0 Å². The molecule has 0 saturated carbocycles. The fourth-order valence-electron chi connectivity index (χ4n) is 1.11. The molecule has 1 aromatic heterocycles. The van der Waals surface area contributed by atoms with Gasteiger partial charge < -0.3 is 10.6 Å². The first-order chi connectivity index (χ1) is 7.87. The van der Waals surface area contributed by atoms with E-state index in [1.165, 1.54) is 0 Å². The summed E-state index contributed by atoms with van der Waals surface area (Å²) >= 11 is 0. The first kappa shape index (κ1) is 13.3. The molecule has 2 amide bonds. The molecule has 0 aliphatic carbocycles. The van der Waals surface area contributed by atoms with Crippen LogP contribution in [0.25, 0.3) is 0 Å². The van der Waals surface area contributed by atoms with Crippen LogP contribution < -0.4 is 10.6 Å². The van der Waals surface area contributed by atoms with Crippen molar-refractivity contribution in [3.63, 3.8) is 0 Å².